The van der Waals surface area contributed by atoms with Crippen molar-refractivity contribution in [1.29, 1.82) is 0 Å². The molecule has 1 aromatic carbocycles. The first-order valence-electron chi connectivity index (χ1n) is 7.89. The van der Waals surface area contributed by atoms with E-state index in [0.717, 1.165) is 37.7 Å². The highest BCUT2D eigenvalue weighted by molar-refractivity contribution is 5.17. The third kappa shape index (κ3) is 4.30. The molecule has 3 heteroatoms. The Hall–Kier alpha value is -0.900. The maximum atomic E-state index is 10.3. The van der Waals surface area contributed by atoms with Crippen molar-refractivity contribution in [3.8, 4) is 0 Å². The van der Waals surface area contributed by atoms with Gasteiger partial charge in [0.2, 0.25) is 0 Å². The molecule has 2 unspecified atom stereocenters. The minimum Gasteiger partial charge on any atom is -0.387 e. The second kappa shape index (κ2) is 7.77. The summed E-state index contributed by atoms with van der Waals surface area (Å²) < 4.78 is 0. The van der Waals surface area contributed by atoms with Crippen molar-refractivity contribution in [1.82, 2.24) is 10.2 Å². The SMILES string of the molecule is CCNC(C)C1CCN(CC(O)c2ccccc2)CC1. The van der Waals surface area contributed by atoms with Crippen molar-refractivity contribution in [2.24, 2.45) is 5.92 Å². The van der Waals surface area contributed by atoms with Crippen LogP contribution in [0.15, 0.2) is 30.3 Å². The van der Waals surface area contributed by atoms with Crippen LogP contribution in [0.2, 0.25) is 0 Å². The fraction of sp³-hybridized carbons (Fsp3) is 0.647. The molecule has 0 radical (unpaired) electrons. The van der Waals surface area contributed by atoms with Crippen LogP contribution in [0.4, 0.5) is 0 Å². The molecule has 0 amide bonds. The lowest BCUT2D eigenvalue weighted by atomic mass is 9.90. The molecule has 20 heavy (non-hydrogen) atoms. The minimum atomic E-state index is -0.362. The van der Waals surface area contributed by atoms with Gasteiger partial charge in [-0.1, -0.05) is 37.3 Å². The monoisotopic (exact) mass is 276 g/mol. The number of nitrogens with zero attached hydrogens (tertiary/aromatic N) is 1. The molecule has 112 valence electrons. The number of hydrogen-bond acceptors (Lipinski definition) is 3. The van der Waals surface area contributed by atoms with Crippen molar-refractivity contribution >= 4 is 0 Å². The third-order valence-electron chi connectivity index (χ3n) is 4.48. The minimum absolute atomic E-state index is 0.362. The number of β-amino-alcohol motifs (C(OH)–C–C–N with tert-alkyl or cyclic N) is 1. The molecule has 2 N–H and O–H groups in total. The molecule has 0 saturated carbocycles. The quantitative estimate of drug-likeness (QED) is 0.837. The Kier molecular flexibility index (Phi) is 6.02. The summed E-state index contributed by atoms with van der Waals surface area (Å²) in [6.07, 6.45) is 2.10. The number of aliphatic hydroxyl groups is 1. The first-order valence-corrected chi connectivity index (χ1v) is 7.89. The molecule has 1 saturated heterocycles. The Labute approximate surface area is 123 Å². The summed E-state index contributed by atoms with van der Waals surface area (Å²) in [4.78, 5) is 2.40. The number of nitrogens with one attached hydrogen (secondary N) is 1. The van der Waals surface area contributed by atoms with Crippen LogP contribution in [0.3, 0.4) is 0 Å². The van der Waals surface area contributed by atoms with Gasteiger partial charge in [-0.15, -0.1) is 0 Å². The number of benzene rings is 1. The Morgan fingerprint density at radius 3 is 2.50 bits per heavy atom. The van der Waals surface area contributed by atoms with Crippen LogP contribution in [0.25, 0.3) is 0 Å². The average molecular weight is 276 g/mol. The van der Waals surface area contributed by atoms with E-state index in [2.05, 4.69) is 24.1 Å². The van der Waals surface area contributed by atoms with E-state index in [-0.39, 0.29) is 6.10 Å². The summed E-state index contributed by atoms with van der Waals surface area (Å²) in [6.45, 7) is 8.47. The van der Waals surface area contributed by atoms with Crippen LogP contribution >= 0.6 is 0 Å². The van der Waals surface area contributed by atoms with Gasteiger partial charge in [-0.25, -0.2) is 0 Å². The molecular formula is C17H28N2O. The number of piperidine rings is 1. The highest BCUT2D eigenvalue weighted by Gasteiger charge is 2.24. The summed E-state index contributed by atoms with van der Waals surface area (Å²) in [7, 11) is 0. The van der Waals surface area contributed by atoms with Crippen molar-refractivity contribution in [3.05, 3.63) is 35.9 Å². The lowest BCUT2D eigenvalue weighted by Gasteiger charge is -2.36. The summed E-state index contributed by atoms with van der Waals surface area (Å²) in [5.74, 6) is 0.778. The Morgan fingerprint density at radius 2 is 1.90 bits per heavy atom. The smallest absolute Gasteiger partial charge is 0.0916 e. The highest BCUT2D eigenvalue weighted by atomic mass is 16.3. The van der Waals surface area contributed by atoms with Crippen LogP contribution in [0.1, 0.15) is 38.4 Å². The average Bonchev–Trinajstić information content (AvgIpc) is 2.49. The van der Waals surface area contributed by atoms with Crippen molar-refractivity contribution in [2.45, 2.75) is 38.8 Å². The van der Waals surface area contributed by atoms with Gasteiger partial charge in [-0.3, -0.25) is 0 Å². The Bertz CT molecular complexity index is 374. The van der Waals surface area contributed by atoms with Gasteiger partial charge in [0, 0.05) is 12.6 Å². The van der Waals surface area contributed by atoms with Gasteiger partial charge in [0.05, 0.1) is 6.10 Å². The molecule has 1 fully saturated rings. The van der Waals surface area contributed by atoms with Crippen LogP contribution < -0.4 is 5.32 Å². The summed E-state index contributed by atoms with van der Waals surface area (Å²) in [5, 5.41) is 13.8. The summed E-state index contributed by atoms with van der Waals surface area (Å²) in [6, 6.07) is 10.6. The zero-order valence-electron chi connectivity index (χ0n) is 12.8. The molecule has 0 aromatic heterocycles. The van der Waals surface area contributed by atoms with E-state index in [1.165, 1.54) is 12.8 Å². The predicted octanol–water partition coefficient (Wildman–Crippen LogP) is 2.43. The van der Waals surface area contributed by atoms with Gasteiger partial charge in [-0.05, 0) is 50.9 Å². The predicted molar refractivity (Wildman–Crippen MR) is 83.7 cm³/mol. The van der Waals surface area contributed by atoms with E-state index >= 15 is 0 Å². The molecular weight excluding hydrogens is 248 g/mol. The molecule has 1 aliphatic heterocycles. The Morgan fingerprint density at radius 1 is 1.25 bits per heavy atom. The lowest BCUT2D eigenvalue weighted by molar-refractivity contribution is 0.0839. The lowest BCUT2D eigenvalue weighted by Crippen LogP contribution is -2.43. The van der Waals surface area contributed by atoms with Gasteiger partial charge in [0.25, 0.3) is 0 Å². The molecule has 1 aliphatic rings. The van der Waals surface area contributed by atoms with E-state index < -0.39 is 0 Å². The van der Waals surface area contributed by atoms with E-state index in [0.29, 0.717) is 6.04 Å². The van der Waals surface area contributed by atoms with Crippen LogP contribution in [0.5, 0.6) is 0 Å². The second-order valence-electron chi connectivity index (χ2n) is 5.91. The number of rotatable bonds is 6. The highest BCUT2D eigenvalue weighted by Crippen LogP contribution is 2.22. The topological polar surface area (TPSA) is 35.5 Å². The van der Waals surface area contributed by atoms with E-state index in [1.807, 2.05) is 30.3 Å². The molecule has 0 spiro atoms. The maximum Gasteiger partial charge on any atom is 0.0916 e. The number of likely N-dealkylation sites (tertiary alicyclic amines) is 1. The Balaban J connectivity index is 1.77. The third-order valence-corrected chi connectivity index (χ3v) is 4.48. The van der Waals surface area contributed by atoms with Crippen molar-refractivity contribution < 1.29 is 5.11 Å². The van der Waals surface area contributed by atoms with Gasteiger partial charge in [-0.2, -0.15) is 0 Å². The van der Waals surface area contributed by atoms with Crippen LogP contribution in [-0.2, 0) is 0 Å². The molecule has 2 atom stereocenters. The van der Waals surface area contributed by atoms with Gasteiger partial charge in [0.1, 0.15) is 0 Å². The number of aliphatic hydroxyl groups excluding tert-OH is 1. The molecule has 2 rings (SSSR count). The van der Waals surface area contributed by atoms with Crippen LogP contribution in [-0.4, -0.2) is 42.2 Å². The first kappa shape index (κ1) is 15.5. The normalized spacial score (nSPS) is 20.8. The van der Waals surface area contributed by atoms with Crippen molar-refractivity contribution in [2.75, 3.05) is 26.2 Å². The fourth-order valence-corrected chi connectivity index (χ4v) is 3.15. The zero-order valence-corrected chi connectivity index (χ0v) is 12.8. The standard InChI is InChI=1S/C17H28N2O/c1-3-18-14(2)15-9-11-19(12-10-15)13-17(20)16-7-5-4-6-8-16/h4-8,14-15,17-18,20H,3,9-13H2,1-2H3. The first-order chi connectivity index (χ1) is 9.70. The molecule has 0 aliphatic carbocycles. The summed E-state index contributed by atoms with van der Waals surface area (Å²) in [5.41, 5.74) is 1.02. The van der Waals surface area contributed by atoms with E-state index in [9.17, 15) is 5.11 Å². The van der Waals surface area contributed by atoms with Gasteiger partial charge < -0.3 is 15.3 Å². The molecule has 1 aromatic rings. The zero-order chi connectivity index (χ0) is 14.4. The fourth-order valence-electron chi connectivity index (χ4n) is 3.15. The molecule has 3 nitrogen and oxygen atoms in total. The largest absolute Gasteiger partial charge is 0.387 e. The molecule has 0 bridgehead atoms. The number of hydrogen-bond donors (Lipinski definition) is 2. The van der Waals surface area contributed by atoms with E-state index in [4.69, 9.17) is 0 Å². The van der Waals surface area contributed by atoms with Gasteiger partial charge in [0.15, 0.2) is 0 Å². The summed E-state index contributed by atoms with van der Waals surface area (Å²) >= 11 is 0. The maximum absolute atomic E-state index is 10.3. The van der Waals surface area contributed by atoms with Gasteiger partial charge >= 0.3 is 0 Å². The second-order valence-corrected chi connectivity index (χ2v) is 5.91. The molecule has 1 heterocycles. The van der Waals surface area contributed by atoms with Crippen LogP contribution in [0, 0.1) is 5.92 Å². The van der Waals surface area contributed by atoms with Crippen molar-refractivity contribution in [3.63, 3.8) is 0 Å². The van der Waals surface area contributed by atoms with E-state index in [1.54, 1.807) is 0 Å².